The number of halogens is 3. The zero-order chi connectivity index (χ0) is 9.90. The van der Waals surface area contributed by atoms with Crippen LogP contribution in [0.1, 0.15) is 19.3 Å². The van der Waals surface area contributed by atoms with Crippen molar-refractivity contribution in [1.82, 2.24) is 0 Å². The Morgan fingerprint density at radius 2 is 2.23 bits per heavy atom. The van der Waals surface area contributed by atoms with Crippen molar-refractivity contribution in [2.75, 3.05) is 6.61 Å². The molecule has 0 aromatic rings. The molecule has 1 unspecified atom stereocenters. The molecule has 1 rings (SSSR count). The van der Waals surface area contributed by atoms with Crippen molar-refractivity contribution >= 4 is 0 Å². The number of hydrogen-bond donors (Lipinski definition) is 1. The van der Waals surface area contributed by atoms with Gasteiger partial charge in [-0.2, -0.15) is 13.2 Å². The predicted molar refractivity (Wildman–Crippen MR) is 41.9 cm³/mol. The second-order valence-electron chi connectivity index (χ2n) is 3.09. The summed E-state index contributed by atoms with van der Waals surface area (Å²) < 4.78 is 40.6. The smallest absolute Gasteiger partial charge is 0.390 e. The second-order valence-corrected chi connectivity index (χ2v) is 3.09. The third-order valence-corrected chi connectivity index (χ3v) is 1.89. The van der Waals surface area contributed by atoms with Gasteiger partial charge in [0.2, 0.25) is 0 Å². The molecule has 13 heavy (non-hydrogen) atoms. The van der Waals surface area contributed by atoms with E-state index < -0.39 is 18.6 Å². The fraction of sp³-hybridized carbons (Fsp3) is 0.750. The molecule has 0 bridgehead atoms. The molecule has 2 nitrogen and oxygen atoms in total. The lowest BCUT2D eigenvalue weighted by Gasteiger charge is -2.20. The molecular formula is C8H12F3NO. The topological polar surface area (TPSA) is 35.2 Å². The van der Waals surface area contributed by atoms with Crippen LogP contribution in [0.3, 0.4) is 0 Å². The van der Waals surface area contributed by atoms with Gasteiger partial charge in [0.25, 0.3) is 0 Å². The van der Waals surface area contributed by atoms with E-state index in [1.807, 2.05) is 0 Å². The van der Waals surface area contributed by atoms with Gasteiger partial charge >= 0.3 is 6.18 Å². The minimum atomic E-state index is -4.20. The summed E-state index contributed by atoms with van der Waals surface area (Å²) in [6.07, 6.45) is -2.45. The maximum absolute atomic E-state index is 11.9. The molecule has 2 N–H and O–H groups in total. The van der Waals surface area contributed by atoms with Gasteiger partial charge in [-0.05, 0) is 18.4 Å². The first-order chi connectivity index (χ1) is 5.99. The summed E-state index contributed by atoms with van der Waals surface area (Å²) in [5.41, 5.74) is 5.93. The summed E-state index contributed by atoms with van der Waals surface area (Å²) >= 11 is 0. The summed E-state index contributed by atoms with van der Waals surface area (Å²) in [7, 11) is 0. The Hall–Kier alpha value is -0.710. The van der Waals surface area contributed by atoms with Crippen LogP contribution in [0.2, 0.25) is 0 Å². The number of ether oxygens (including phenoxy) is 1. The first kappa shape index (κ1) is 10.4. The molecule has 1 heterocycles. The standard InChI is InChI=1S/C8H12F3NO/c9-8(10,11)4-7(12)6-2-1-3-13-5-6/h5,7H,1-4,12H2. The fourth-order valence-corrected chi connectivity index (χ4v) is 1.24. The highest BCUT2D eigenvalue weighted by atomic mass is 19.4. The SMILES string of the molecule is NC(CC(F)(F)F)C1=COCCC1. The highest BCUT2D eigenvalue weighted by Gasteiger charge is 2.32. The molecule has 0 amide bonds. The molecule has 0 fully saturated rings. The van der Waals surface area contributed by atoms with Crippen LogP contribution in [-0.4, -0.2) is 18.8 Å². The lowest BCUT2D eigenvalue weighted by atomic mass is 10.0. The third-order valence-electron chi connectivity index (χ3n) is 1.89. The van der Waals surface area contributed by atoms with Crippen LogP contribution < -0.4 is 5.73 Å². The number of alkyl halides is 3. The average molecular weight is 195 g/mol. The summed E-state index contributed by atoms with van der Waals surface area (Å²) in [4.78, 5) is 0. The molecule has 0 aromatic carbocycles. The zero-order valence-corrected chi connectivity index (χ0v) is 7.10. The van der Waals surface area contributed by atoms with Gasteiger partial charge in [-0.1, -0.05) is 0 Å². The van der Waals surface area contributed by atoms with E-state index in [9.17, 15) is 13.2 Å². The third kappa shape index (κ3) is 3.67. The van der Waals surface area contributed by atoms with Crippen molar-refractivity contribution in [3.8, 4) is 0 Å². The van der Waals surface area contributed by atoms with Crippen LogP contribution in [-0.2, 0) is 4.74 Å². The van der Waals surface area contributed by atoms with E-state index in [2.05, 4.69) is 0 Å². The van der Waals surface area contributed by atoms with Crippen molar-refractivity contribution in [2.45, 2.75) is 31.5 Å². The zero-order valence-electron chi connectivity index (χ0n) is 7.10. The van der Waals surface area contributed by atoms with Gasteiger partial charge in [-0.25, -0.2) is 0 Å². The van der Waals surface area contributed by atoms with E-state index >= 15 is 0 Å². The largest absolute Gasteiger partial charge is 0.501 e. The Morgan fingerprint density at radius 1 is 1.54 bits per heavy atom. The summed E-state index contributed by atoms with van der Waals surface area (Å²) in [6.45, 7) is 0.572. The maximum atomic E-state index is 11.9. The van der Waals surface area contributed by atoms with Crippen LogP contribution in [0.4, 0.5) is 13.2 Å². The quantitative estimate of drug-likeness (QED) is 0.731. The van der Waals surface area contributed by atoms with Crippen molar-refractivity contribution in [2.24, 2.45) is 5.73 Å². The molecule has 0 spiro atoms. The maximum Gasteiger partial charge on any atom is 0.390 e. The molecule has 0 aliphatic carbocycles. The van der Waals surface area contributed by atoms with E-state index in [4.69, 9.17) is 10.5 Å². The van der Waals surface area contributed by atoms with E-state index in [-0.39, 0.29) is 0 Å². The Labute approximate surface area is 74.5 Å². The molecule has 0 radical (unpaired) electrons. The van der Waals surface area contributed by atoms with Gasteiger partial charge in [0.05, 0.1) is 19.3 Å². The van der Waals surface area contributed by atoms with Crippen molar-refractivity contribution in [1.29, 1.82) is 0 Å². The van der Waals surface area contributed by atoms with Gasteiger partial charge in [0.15, 0.2) is 0 Å². The molecule has 1 aliphatic heterocycles. The second kappa shape index (κ2) is 4.00. The number of hydrogen-bond acceptors (Lipinski definition) is 2. The van der Waals surface area contributed by atoms with Gasteiger partial charge in [0.1, 0.15) is 0 Å². The van der Waals surface area contributed by atoms with Crippen LogP contribution in [0.15, 0.2) is 11.8 Å². The van der Waals surface area contributed by atoms with Crippen LogP contribution >= 0.6 is 0 Å². The molecule has 0 saturated heterocycles. The van der Waals surface area contributed by atoms with Gasteiger partial charge in [-0.3, -0.25) is 0 Å². The molecule has 0 saturated carbocycles. The van der Waals surface area contributed by atoms with E-state index in [0.717, 1.165) is 6.42 Å². The lowest BCUT2D eigenvalue weighted by Crippen LogP contribution is -2.30. The lowest BCUT2D eigenvalue weighted by molar-refractivity contribution is -0.136. The first-order valence-electron chi connectivity index (χ1n) is 4.12. The van der Waals surface area contributed by atoms with Gasteiger partial charge in [0, 0.05) is 6.04 Å². The highest BCUT2D eigenvalue weighted by Crippen LogP contribution is 2.26. The minimum absolute atomic E-state index is 0.559. The van der Waals surface area contributed by atoms with Crippen LogP contribution in [0.5, 0.6) is 0 Å². The minimum Gasteiger partial charge on any atom is -0.501 e. The van der Waals surface area contributed by atoms with Gasteiger partial charge < -0.3 is 10.5 Å². The Morgan fingerprint density at radius 3 is 2.69 bits per heavy atom. The van der Waals surface area contributed by atoms with Crippen LogP contribution in [0.25, 0.3) is 0 Å². The highest BCUT2D eigenvalue weighted by molar-refractivity contribution is 5.09. The number of nitrogens with two attached hydrogens (primary N) is 1. The van der Waals surface area contributed by atoms with Crippen molar-refractivity contribution in [3.05, 3.63) is 11.8 Å². The Balaban J connectivity index is 2.47. The van der Waals surface area contributed by atoms with Gasteiger partial charge in [-0.15, -0.1) is 0 Å². The fourth-order valence-electron chi connectivity index (χ4n) is 1.24. The normalized spacial score (nSPS) is 20.5. The van der Waals surface area contributed by atoms with Crippen molar-refractivity contribution < 1.29 is 17.9 Å². The Kier molecular flexibility index (Phi) is 3.19. The molecule has 5 heteroatoms. The first-order valence-corrected chi connectivity index (χ1v) is 4.12. The predicted octanol–water partition coefficient (Wildman–Crippen LogP) is 1.96. The summed E-state index contributed by atoms with van der Waals surface area (Å²) in [6, 6.07) is -0.944. The van der Waals surface area contributed by atoms with E-state index in [1.54, 1.807) is 0 Å². The van der Waals surface area contributed by atoms with Crippen LogP contribution in [0, 0.1) is 0 Å². The molecule has 76 valence electrons. The molecule has 1 aliphatic rings. The monoisotopic (exact) mass is 195 g/mol. The molecule has 0 aromatic heterocycles. The average Bonchev–Trinajstić information content (AvgIpc) is 2.03. The van der Waals surface area contributed by atoms with E-state index in [0.29, 0.717) is 18.6 Å². The number of rotatable bonds is 2. The molecule has 1 atom stereocenters. The van der Waals surface area contributed by atoms with Crippen molar-refractivity contribution in [3.63, 3.8) is 0 Å². The van der Waals surface area contributed by atoms with E-state index in [1.165, 1.54) is 6.26 Å². The summed E-state index contributed by atoms with van der Waals surface area (Å²) in [5.74, 6) is 0. The molecular weight excluding hydrogens is 183 g/mol. The summed E-state index contributed by atoms with van der Waals surface area (Å²) in [5, 5.41) is 0. The Bertz CT molecular complexity index is 200.